The lowest BCUT2D eigenvalue weighted by Gasteiger charge is -2.15. The van der Waals surface area contributed by atoms with Crippen LogP contribution >= 0.6 is 11.6 Å². The van der Waals surface area contributed by atoms with Gasteiger partial charge in [-0.05, 0) is 37.5 Å². The molecule has 0 aromatic heterocycles. The third-order valence-corrected chi connectivity index (χ3v) is 2.63. The van der Waals surface area contributed by atoms with Crippen LogP contribution in [0.2, 0.25) is 5.02 Å². The molecule has 0 spiro atoms. The van der Waals surface area contributed by atoms with E-state index in [4.69, 9.17) is 17.3 Å². The van der Waals surface area contributed by atoms with Crippen molar-refractivity contribution in [1.29, 1.82) is 0 Å². The van der Waals surface area contributed by atoms with Crippen LogP contribution in [0.25, 0.3) is 0 Å². The maximum absolute atomic E-state index is 12.7. The molecule has 1 aromatic carbocycles. The first kappa shape index (κ1) is 13.3. The minimum atomic E-state index is -4.36. The lowest BCUT2D eigenvalue weighted by Crippen LogP contribution is -2.17. The van der Waals surface area contributed by atoms with E-state index in [1.807, 2.05) is 0 Å². The summed E-state index contributed by atoms with van der Waals surface area (Å²) >= 11 is 5.78. The Morgan fingerprint density at radius 1 is 1.38 bits per heavy atom. The Hall–Kier alpha value is -0.740. The molecular weight excluding hydrogens is 239 g/mol. The minimum Gasteiger partial charge on any atom is -0.328 e. The highest BCUT2D eigenvalue weighted by Gasteiger charge is 2.33. The summed E-state index contributed by atoms with van der Waals surface area (Å²) in [6, 6.07) is 3.67. The fourth-order valence-corrected chi connectivity index (χ4v) is 1.72. The molecule has 16 heavy (non-hydrogen) atoms. The van der Waals surface area contributed by atoms with E-state index in [0.29, 0.717) is 6.42 Å². The van der Waals surface area contributed by atoms with Gasteiger partial charge in [-0.15, -0.1) is 0 Å². The van der Waals surface area contributed by atoms with Crippen molar-refractivity contribution in [3.8, 4) is 0 Å². The van der Waals surface area contributed by atoms with Gasteiger partial charge in [0.25, 0.3) is 0 Å². The SMILES string of the molecule is C[C@H](N)CCc1c(Cl)cccc1C(F)(F)F. The van der Waals surface area contributed by atoms with Gasteiger partial charge in [0.2, 0.25) is 0 Å². The summed E-state index contributed by atoms with van der Waals surface area (Å²) in [4.78, 5) is 0. The van der Waals surface area contributed by atoms with Crippen LogP contribution in [0.5, 0.6) is 0 Å². The van der Waals surface area contributed by atoms with Crippen molar-refractivity contribution in [2.24, 2.45) is 5.73 Å². The zero-order chi connectivity index (χ0) is 12.3. The van der Waals surface area contributed by atoms with Gasteiger partial charge in [-0.2, -0.15) is 13.2 Å². The summed E-state index contributed by atoms with van der Waals surface area (Å²) in [7, 11) is 0. The number of hydrogen-bond acceptors (Lipinski definition) is 1. The molecule has 0 aliphatic carbocycles. The predicted molar refractivity (Wildman–Crippen MR) is 58.4 cm³/mol. The second kappa shape index (κ2) is 5.06. The largest absolute Gasteiger partial charge is 0.416 e. The number of alkyl halides is 3. The molecule has 0 bridgehead atoms. The zero-order valence-corrected chi connectivity index (χ0v) is 9.57. The quantitative estimate of drug-likeness (QED) is 0.872. The molecule has 0 aliphatic rings. The highest BCUT2D eigenvalue weighted by atomic mass is 35.5. The number of benzene rings is 1. The summed E-state index contributed by atoms with van der Waals surface area (Å²) in [6.07, 6.45) is -3.64. The van der Waals surface area contributed by atoms with E-state index in [0.717, 1.165) is 6.07 Å². The van der Waals surface area contributed by atoms with Gasteiger partial charge in [-0.3, -0.25) is 0 Å². The first-order valence-electron chi connectivity index (χ1n) is 4.92. The van der Waals surface area contributed by atoms with Crippen LogP contribution in [0.15, 0.2) is 18.2 Å². The average molecular weight is 252 g/mol. The lowest BCUT2D eigenvalue weighted by molar-refractivity contribution is -0.138. The van der Waals surface area contributed by atoms with Crippen LogP contribution in [0.1, 0.15) is 24.5 Å². The highest BCUT2D eigenvalue weighted by molar-refractivity contribution is 6.31. The predicted octanol–water partition coefficient (Wildman–Crippen LogP) is 3.64. The monoisotopic (exact) mass is 251 g/mol. The molecule has 0 aliphatic heterocycles. The Bertz CT molecular complexity index is 361. The Morgan fingerprint density at radius 2 is 2.00 bits per heavy atom. The molecule has 0 radical (unpaired) electrons. The van der Waals surface area contributed by atoms with Gasteiger partial charge in [0.15, 0.2) is 0 Å². The molecule has 5 heteroatoms. The van der Waals surface area contributed by atoms with E-state index in [9.17, 15) is 13.2 Å². The molecule has 0 saturated heterocycles. The van der Waals surface area contributed by atoms with Crippen LogP contribution < -0.4 is 5.73 Å². The molecule has 1 aromatic rings. The van der Waals surface area contributed by atoms with Crippen LogP contribution in [-0.2, 0) is 12.6 Å². The molecule has 1 atom stereocenters. The summed E-state index contributed by atoms with van der Waals surface area (Å²) in [5.74, 6) is 0. The molecule has 0 fully saturated rings. The van der Waals surface area contributed by atoms with Crippen molar-refractivity contribution in [3.63, 3.8) is 0 Å². The maximum Gasteiger partial charge on any atom is 0.416 e. The molecule has 0 amide bonds. The van der Waals surface area contributed by atoms with E-state index < -0.39 is 11.7 Å². The number of hydrogen-bond donors (Lipinski definition) is 1. The van der Waals surface area contributed by atoms with Crippen LogP contribution in [0.4, 0.5) is 13.2 Å². The Balaban J connectivity index is 3.04. The van der Waals surface area contributed by atoms with Crippen molar-refractivity contribution in [2.45, 2.75) is 32.0 Å². The summed E-state index contributed by atoms with van der Waals surface area (Å²) in [5.41, 5.74) is 4.99. The molecule has 90 valence electrons. The van der Waals surface area contributed by atoms with Gasteiger partial charge < -0.3 is 5.73 Å². The van der Waals surface area contributed by atoms with Gasteiger partial charge in [0, 0.05) is 11.1 Å². The third kappa shape index (κ3) is 3.39. The third-order valence-electron chi connectivity index (χ3n) is 2.27. The first-order chi connectivity index (χ1) is 7.32. The van der Waals surface area contributed by atoms with Crippen LogP contribution in [0.3, 0.4) is 0 Å². The fourth-order valence-electron chi connectivity index (χ4n) is 1.45. The van der Waals surface area contributed by atoms with E-state index >= 15 is 0 Å². The Morgan fingerprint density at radius 3 is 2.50 bits per heavy atom. The Labute approximate surface area is 97.4 Å². The second-order valence-corrected chi connectivity index (χ2v) is 4.19. The van der Waals surface area contributed by atoms with Gasteiger partial charge in [0.05, 0.1) is 5.56 Å². The van der Waals surface area contributed by atoms with Gasteiger partial charge in [-0.25, -0.2) is 0 Å². The average Bonchev–Trinajstić information content (AvgIpc) is 2.13. The Kier molecular flexibility index (Phi) is 4.21. The normalized spacial score (nSPS) is 13.9. The van der Waals surface area contributed by atoms with E-state index in [-0.39, 0.29) is 23.0 Å². The highest BCUT2D eigenvalue weighted by Crippen LogP contribution is 2.35. The summed E-state index contributed by atoms with van der Waals surface area (Å²) < 4.78 is 38.0. The van der Waals surface area contributed by atoms with Gasteiger partial charge in [0.1, 0.15) is 0 Å². The van der Waals surface area contributed by atoms with Crippen molar-refractivity contribution >= 4 is 11.6 Å². The maximum atomic E-state index is 12.7. The first-order valence-corrected chi connectivity index (χ1v) is 5.30. The number of nitrogens with two attached hydrogens (primary N) is 1. The minimum absolute atomic E-state index is 0.133. The van der Waals surface area contributed by atoms with Crippen molar-refractivity contribution in [1.82, 2.24) is 0 Å². The smallest absolute Gasteiger partial charge is 0.328 e. The standard InChI is InChI=1S/C11H13ClF3N/c1-7(16)5-6-8-9(11(13,14)15)3-2-4-10(8)12/h2-4,7H,5-6,16H2,1H3/t7-/m0/s1. The van der Waals surface area contributed by atoms with Gasteiger partial charge in [-0.1, -0.05) is 17.7 Å². The molecule has 0 unspecified atom stereocenters. The molecule has 0 saturated carbocycles. The molecule has 0 heterocycles. The zero-order valence-electron chi connectivity index (χ0n) is 8.81. The second-order valence-electron chi connectivity index (χ2n) is 3.78. The molecule has 1 nitrogen and oxygen atoms in total. The van der Waals surface area contributed by atoms with Crippen molar-refractivity contribution < 1.29 is 13.2 Å². The topological polar surface area (TPSA) is 26.0 Å². The van der Waals surface area contributed by atoms with Gasteiger partial charge >= 0.3 is 6.18 Å². The van der Waals surface area contributed by atoms with Crippen LogP contribution in [0, 0.1) is 0 Å². The molecular formula is C11H13ClF3N. The van der Waals surface area contributed by atoms with E-state index in [1.165, 1.54) is 12.1 Å². The fraction of sp³-hybridized carbons (Fsp3) is 0.455. The van der Waals surface area contributed by atoms with Crippen LogP contribution in [-0.4, -0.2) is 6.04 Å². The van der Waals surface area contributed by atoms with E-state index in [1.54, 1.807) is 6.92 Å². The summed E-state index contributed by atoms with van der Waals surface area (Å²) in [6.45, 7) is 1.75. The molecule has 2 N–H and O–H groups in total. The number of rotatable bonds is 3. The summed E-state index contributed by atoms with van der Waals surface area (Å²) in [5, 5.41) is 0.149. The number of halogens is 4. The lowest BCUT2D eigenvalue weighted by atomic mass is 10.0. The molecule has 1 rings (SSSR count). The van der Waals surface area contributed by atoms with E-state index in [2.05, 4.69) is 0 Å². The van der Waals surface area contributed by atoms with Crippen molar-refractivity contribution in [2.75, 3.05) is 0 Å². The van der Waals surface area contributed by atoms with Crippen molar-refractivity contribution in [3.05, 3.63) is 34.3 Å².